The molecule has 2 heterocycles. The zero-order chi connectivity index (χ0) is 21.1. The molecule has 2 aromatic carbocycles. The highest BCUT2D eigenvalue weighted by molar-refractivity contribution is 5.93. The zero-order valence-electron chi connectivity index (χ0n) is 17.9. The van der Waals surface area contributed by atoms with Gasteiger partial charge in [-0.2, -0.15) is 0 Å². The molecular weight excluding hydrogens is 376 g/mol. The molecule has 1 aliphatic heterocycles. The number of aryl methyl sites for hydroxylation is 4. The van der Waals surface area contributed by atoms with Crippen LogP contribution in [0.15, 0.2) is 36.4 Å². The molecule has 156 valence electrons. The van der Waals surface area contributed by atoms with E-state index in [0.29, 0.717) is 0 Å². The van der Waals surface area contributed by atoms with E-state index in [-0.39, 0.29) is 12.5 Å². The summed E-state index contributed by atoms with van der Waals surface area (Å²) < 4.78 is 7.96. The summed E-state index contributed by atoms with van der Waals surface area (Å²) in [6.45, 7) is 6.87. The Kier molecular flexibility index (Phi) is 5.84. The van der Waals surface area contributed by atoms with E-state index in [2.05, 4.69) is 20.1 Å². The van der Waals surface area contributed by atoms with Crippen molar-refractivity contribution >= 4 is 11.6 Å². The summed E-state index contributed by atoms with van der Waals surface area (Å²) in [4.78, 5) is 12.5. The molecule has 0 saturated heterocycles. The van der Waals surface area contributed by atoms with Crippen molar-refractivity contribution in [2.75, 3.05) is 11.9 Å². The summed E-state index contributed by atoms with van der Waals surface area (Å²) in [7, 11) is 0. The first kappa shape index (κ1) is 20.1. The van der Waals surface area contributed by atoms with Crippen molar-refractivity contribution in [1.82, 2.24) is 14.8 Å². The molecular formula is C24H28N4O2. The van der Waals surface area contributed by atoms with Gasteiger partial charge >= 0.3 is 0 Å². The second-order valence-electron chi connectivity index (χ2n) is 8.04. The molecule has 1 aromatic heterocycles. The number of nitrogens with zero attached hydrogens (tertiary/aromatic N) is 3. The van der Waals surface area contributed by atoms with Gasteiger partial charge in [0.25, 0.3) is 5.91 Å². The predicted molar refractivity (Wildman–Crippen MR) is 118 cm³/mol. The van der Waals surface area contributed by atoms with Gasteiger partial charge in [-0.25, -0.2) is 0 Å². The SMILES string of the molecule is Cc1ccc(C)c(OCC(=O)Nc2cc(-c3nnc4n3CCCCC4)ccc2C)c1. The number of anilines is 1. The quantitative estimate of drug-likeness (QED) is 0.674. The lowest BCUT2D eigenvalue weighted by atomic mass is 10.1. The Hall–Kier alpha value is -3.15. The summed E-state index contributed by atoms with van der Waals surface area (Å²) in [6.07, 6.45) is 4.49. The third-order valence-electron chi connectivity index (χ3n) is 5.58. The van der Waals surface area contributed by atoms with Crippen LogP contribution in [-0.2, 0) is 17.8 Å². The molecule has 0 atom stereocenters. The topological polar surface area (TPSA) is 69.0 Å². The van der Waals surface area contributed by atoms with Crippen LogP contribution in [0.3, 0.4) is 0 Å². The fourth-order valence-corrected chi connectivity index (χ4v) is 3.79. The van der Waals surface area contributed by atoms with E-state index in [0.717, 1.165) is 71.1 Å². The lowest BCUT2D eigenvalue weighted by molar-refractivity contribution is -0.118. The minimum absolute atomic E-state index is 0.0334. The van der Waals surface area contributed by atoms with Gasteiger partial charge in [0.2, 0.25) is 0 Å². The van der Waals surface area contributed by atoms with Crippen LogP contribution >= 0.6 is 0 Å². The average Bonchev–Trinajstić information content (AvgIpc) is 2.98. The maximum Gasteiger partial charge on any atom is 0.262 e. The predicted octanol–water partition coefficient (Wildman–Crippen LogP) is 4.61. The van der Waals surface area contributed by atoms with Crippen LogP contribution in [0.2, 0.25) is 0 Å². The van der Waals surface area contributed by atoms with Gasteiger partial charge in [0.15, 0.2) is 12.4 Å². The number of carbonyl (C=O) groups excluding carboxylic acids is 1. The molecule has 6 nitrogen and oxygen atoms in total. The lowest BCUT2D eigenvalue weighted by Crippen LogP contribution is -2.21. The van der Waals surface area contributed by atoms with Crippen LogP contribution in [0.25, 0.3) is 11.4 Å². The van der Waals surface area contributed by atoms with Crippen molar-refractivity contribution < 1.29 is 9.53 Å². The van der Waals surface area contributed by atoms with Crippen molar-refractivity contribution in [2.45, 2.75) is 53.0 Å². The van der Waals surface area contributed by atoms with Gasteiger partial charge in [-0.05, 0) is 62.4 Å². The van der Waals surface area contributed by atoms with Gasteiger partial charge in [0, 0.05) is 24.2 Å². The minimum atomic E-state index is -0.184. The van der Waals surface area contributed by atoms with Gasteiger partial charge in [0.1, 0.15) is 11.6 Å². The Balaban J connectivity index is 1.49. The summed E-state index contributed by atoms with van der Waals surface area (Å²) in [5, 5.41) is 11.8. The normalized spacial score (nSPS) is 13.4. The Bertz CT molecular complexity index is 1070. The molecule has 4 rings (SSSR count). The first-order valence-corrected chi connectivity index (χ1v) is 10.5. The van der Waals surface area contributed by atoms with Crippen LogP contribution in [-0.4, -0.2) is 27.3 Å². The highest BCUT2D eigenvalue weighted by Gasteiger charge is 2.17. The van der Waals surface area contributed by atoms with Crippen LogP contribution < -0.4 is 10.1 Å². The van der Waals surface area contributed by atoms with E-state index >= 15 is 0 Å². The number of ether oxygens (including phenoxy) is 1. The largest absolute Gasteiger partial charge is 0.483 e. The van der Waals surface area contributed by atoms with Crippen molar-refractivity contribution in [3.63, 3.8) is 0 Å². The number of benzene rings is 2. The number of amides is 1. The molecule has 0 unspecified atom stereocenters. The van der Waals surface area contributed by atoms with E-state index in [1.165, 1.54) is 6.42 Å². The zero-order valence-corrected chi connectivity index (χ0v) is 17.9. The number of aromatic nitrogens is 3. The van der Waals surface area contributed by atoms with Crippen LogP contribution in [0.4, 0.5) is 5.69 Å². The van der Waals surface area contributed by atoms with Gasteiger partial charge in [-0.15, -0.1) is 10.2 Å². The second-order valence-corrected chi connectivity index (χ2v) is 8.04. The Morgan fingerprint density at radius 1 is 1.03 bits per heavy atom. The lowest BCUT2D eigenvalue weighted by Gasteiger charge is -2.13. The third kappa shape index (κ3) is 4.37. The smallest absolute Gasteiger partial charge is 0.262 e. The second kappa shape index (κ2) is 8.69. The number of fused-ring (bicyclic) bond motifs is 1. The molecule has 3 aromatic rings. The van der Waals surface area contributed by atoms with Crippen molar-refractivity contribution in [1.29, 1.82) is 0 Å². The molecule has 30 heavy (non-hydrogen) atoms. The Labute approximate surface area is 177 Å². The molecule has 6 heteroatoms. The van der Waals surface area contributed by atoms with E-state index in [1.54, 1.807) is 0 Å². The first-order chi connectivity index (χ1) is 14.5. The summed E-state index contributed by atoms with van der Waals surface area (Å²) in [6, 6.07) is 12.0. The summed E-state index contributed by atoms with van der Waals surface area (Å²) in [5.74, 6) is 2.47. The monoisotopic (exact) mass is 404 g/mol. The molecule has 0 radical (unpaired) electrons. The van der Waals surface area contributed by atoms with Gasteiger partial charge < -0.3 is 14.6 Å². The van der Waals surface area contributed by atoms with Crippen molar-refractivity contribution in [3.8, 4) is 17.1 Å². The Morgan fingerprint density at radius 3 is 2.73 bits per heavy atom. The molecule has 0 saturated carbocycles. The van der Waals surface area contributed by atoms with Crippen LogP contribution in [0.5, 0.6) is 5.75 Å². The summed E-state index contributed by atoms with van der Waals surface area (Å²) in [5.41, 5.74) is 4.85. The molecule has 1 amide bonds. The highest BCUT2D eigenvalue weighted by Crippen LogP contribution is 2.27. The van der Waals surface area contributed by atoms with Crippen LogP contribution in [0, 0.1) is 20.8 Å². The van der Waals surface area contributed by atoms with Crippen molar-refractivity contribution in [3.05, 3.63) is 58.9 Å². The number of carbonyl (C=O) groups is 1. The number of hydrogen-bond acceptors (Lipinski definition) is 4. The molecule has 0 bridgehead atoms. The maximum absolute atomic E-state index is 12.5. The molecule has 0 aliphatic carbocycles. The Morgan fingerprint density at radius 2 is 1.87 bits per heavy atom. The third-order valence-corrected chi connectivity index (χ3v) is 5.58. The summed E-state index contributed by atoms with van der Waals surface area (Å²) >= 11 is 0. The molecule has 0 spiro atoms. The van der Waals surface area contributed by atoms with Gasteiger partial charge in [-0.1, -0.05) is 30.7 Å². The molecule has 0 fully saturated rings. The minimum Gasteiger partial charge on any atom is -0.483 e. The molecule has 1 aliphatic rings. The fourth-order valence-electron chi connectivity index (χ4n) is 3.79. The first-order valence-electron chi connectivity index (χ1n) is 10.5. The fraction of sp³-hybridized carbons (Fsp3) is 0.375. The van der Waals surface area contributed by atoms with E-state index in [4.69, 9.17) is 4.74 Å². The standard InChI is InChI=1S/C24H28N4O2/c1-16-8-9-18(3)21(13-16)30-15-23(29)25-20-14-19(11-10-17(20)2)24-27-26-22-7-5-4-6-12-28(22)24/h8-11,13-14H,4-7,12,15H2,1-3H3,(H,25,29). The maximum atomic E-state index is 12.5. The number of nitrogens with one attached hydrogen (secondary N) is 1. The van der Waals surface area contributed by atoms with E-state index < -0.39 is 0 Å². The van der Waals surface area contributed by atoms with E-state index in [9.17, 15) is 4.79 Å². The number of hydrogen-bond donors (Lipinski definition) is 1. The van der Waals surface area contributed by atoms with Gasteiger partial charge in [0.05, 0.1) is 0 Å². The highest BCUT2D eigenvalue weighted by atomic mass is 16.5. The molecule has 1 N–H and O–H groups in total. The van der Waals surface area contributed by atoms with Crippen LogP contribution in [0.1, 0.15) is 41.8 Å². The van der Waals surface area contributed by atoms with Crippen molar-refractivity contribution in [2.24, 2.45) is 0 Å². The number of rotatable bonds is 5. The van der Waals surface area contributed by atoms with Gasteiger partial charge in [-0.3, -0.25) is 4.79 Å². The van der Waals surface area contributed by atoms with E-state index in [1.807, 2.05) is 57.2 Å². The average molecular weight is 405 g/mol.